The Hall–Kier alpha value is -2.67. The first kappa shape index (κ1) is 14.3. The molecule has 0 aliphatic heterocycles. The summed E-state index contributed by atoms with van der Waals surface area (Å²) in [5, 5.41) is 10.3. The van der Waals surface area contributed by atoms with Crippen molar-refractivity contribution in [1.82, 2.24) is 15.2 Å². The molecule has 2 aromatic heterocycles. The Morgan fingerprint density at radius 2 is 2.00 bits per heavy atom. The molecule has 0 atom stereocenters. The molecule has 0 unspecified atom stereocenters. The normalized spacial score (nSPS) is 10.4. The summed E-state index contributed by atoms with van der Waals surface area (Å²) in [6.45, 7) is 0. The molecule has 0 saturated carbocycles. The maximum absolute atomic E-state index is 12.1. The van der Waals surface area contributed by atoms with Gasteiger partial charge in [-0.1, -0.05) is 5.10 Å². The number of aromatic nitrogens is 3. The fraction of sp³-hybridized carbons (Fsp3) is 0.0667. The zero-order valence-electron chi connectivity index (χ0n) is 11.7. The summed E-state index contributed by atoms with van der Waals surface area (Å²) in [6, 6.07) is 10.9. The van der Waals surface area contributed by atoms with E-state index in [1.807, 2.05) is 18.4 Å². The molecular weight excluding hydrogens is 300 g/mol. The lowest BCUT2D eigenvalue weighted by molar-refractivity contribution is 0.102. The van der Waals surface area contributed by atoms with E-state index >= 15 is 0 Å². The van der Waals surface area contributed by atoms with Crippen LogP contribution >= 0.6 is 11.8 Å². The molecule has 0 aliphatic carbocycles. The summed E-state index contributed by atoms with van der Waals surface area (Å²) in [7, 11) is 0. The highest BCUT2D eigenvalue weighted by Gasteiger charge is 2.12. The maximum Gasteiger partial charge on any atom is 0.322 e. The first-order valence-corrected chi connectivity index (χ1v) is 7.68. The van der Waals surface area contributed by atoms with Crippen molar-refractivity contribution in [2.45, 2.75) is 4.90 Å². The highest BCUT2D eigenvalue weighted by molar-refractivity contribution is 7.98. The molecule has 0 aliphatic rings. The van der Waals surface area contributed by atoms with Crippen LogP contribution < -0.4 is 5.32 Å². The molecule has 1 N–H and O–H groups in total. The number of hydrogen-bond acceptors (Lipinski definition) is 6. The van der Waals surface area contributed by atoms with Gasteiger partial charge in [0, 0.05) is 22.9 Å². The summed E-state index contributed by atoms with van der Waals surface area (Å²) in [4.78, 5) is 17.2. The zero-order valence-corrected chi connectivity index (χ0v) is 12.5. The van der Waals surface area contributed by atoms with Crippen LogP contribution in [0.2, 0.25) is 0 Å². The Labute approximate surface area is 131 Å². The third-order valence-electron chi connectivity index (χ3n) is 2.91. The van der Waals surface area contributed by atoms with Crippen molar-refractivity contribution in [1.29, 1.82) is 0 Å². The molecule has 1 amide bonds. The molecule has 22 heavy (non-hydrogen) atoms. The number of rotatable bonds is 4. The van der Waals surface area contributed by atoms with Crippen molar-refractivity contribution in [2.75, 3.05) is 11.6 Å². The second kappa shape index (κ2) is 6.40. The Bertz CT molecular complexity index is 772. The molecule has 0 saturated heterocycles. The minimum atomic E-state index is -0.297. The number of pyridine rings is 1. The molecule has 7 heteroatoms. The summed E-state index contributed by atoms with van der Waals surface area (Å²) in [5.41, 5.74) is 1.22. The average Bonchev–Trinajstić information content (AvgIpc) is 3.04. The van der Waals surface area contributed by atoms with Crippen LogP contribution in [0.5, 0.6) is 0 Å². The van der Waals surface area contributed by atoms with E-state index in [1.165, 1.54) is 0 Å². The van der Waals surface area contributed by atoms with Crippen LogP contribution in [-0.4, -0.2) is 27.3 Å². The molecule has 0 spiro atoms. The van der Waals surface area contributed by atoms with Crippen molar-refractivity contribution >= 4 is 23.7 Å². The van der Waals surface area contributed by atoms with E-state index in [9.17, 15) is 4.79 Å². The standard InChI is InChI=1S/C15H12N4O2S/c1-22-12-6-4-10(5-7-12)13(20)17-15-19-18-14(21-15)11-3-2-8-16-9-11/h2-9H,1H3,(H,17,19,20). The summed E-state index contributed by atoms with van der Waals surface area (Å²) in [6.07, 6.45) is 5.24. The number of carbonyl (C=O) groups excluding carboxylic acids is 1. The third kappa shape index (κ3) is 3.15. The van der Waals surface area contributed by atoms with Crippen LogP contribution in [0.25, 0.3) is 11.5 Å². The predicted octanol–water partition coefficient (Wildman–Crippen LogP) is 3.11. The van der Waals surface area contributed by atoms with Gasteiger partial charge in [0.25, 0.3) is 11.8 Å². The first-order chi connectivity index (χ1) is 10.8. The lowest BCUT2D eigenvalue weighted by Gasteiger charge is -2.01. The zero-order chi connectivity index (χ0) is 15.4. The third-order valence-corrected chi connectivity index (χ3v) is 3.65. The van der Waals surface area contributed by atoms with Crippen LogP contribution in [0, 0.1) is 0 Å². The Morgan fingerprint density at radius 1 is 1.18 bits per heavy atom. The largest absolute Gasteiger partial charge is 0.403 e. The van der Waals surface area contributed by atoms with Gasteiger partial charge in [0.05, 0.1) is 5.56 Å². The fourth-order valence-corrected chi connectivity index (χ4v) is 2.20. The molecule has 3 rings (SSSR count). The van der Waals surface area contributed by atoms with Gasteiger partial charge in [-0.25, -0.2) is 0 Å². The van der Waals surface area contributed by atoms with Gasteiger partial charge in [-0.2, -0.15) is 0 Å². The number of amides is 1. The Morgan fingerprint density at radius 3 is 2.68 bits per heavy atom. The monoisotopic (exact) mass is 312 g/mol. The van der Waals surface area contributed by atoms with Gasteiger partial charge in [-0.15, -0.1) is 16.9 Å². The number of nitrogens with zero attached hydrogens (tertiary/aromatic N) is 3. The number of nitrogens with one attached hydrogen (secondary N) is 1. The van der Waals surface area contributed by atoms with Gasteiger partial charge in [0.2, 0.25) is 0 Å². The number of carbonyl (C=O) groups is 1. The van der Waals surface area contributed by atoms with E-state index in [2.05, 4.69) is 20.5 Å². The van der Waals surface area contributed by atoms with E-state index in [0.717, 1.165) is 4.90 Å². The van der Waals surface area contributed by atoms with Gasteiger partial charge < -0.3 is 4.42 Å². The smallest absolute Gasteiger partial charge is 0.322 e. The van der Waals surface area contributed by atoms with Gasteiger partial charge in [-0.3, -0.25) is 15.1 Å². The molecule has 0 bridgehead atoms. The summed E-state index contributed by atoms with van der Waals surface area (Å²) in [5.74, 6) is 0.00942. The molecular formula is C15H12N4O2S. The average molecular weight is 312 g/mol. The predicted molar refractivity (Wildman–Crippen MR) is 83.7 cm³/mol. The molecule has 6 nitrogen and oxygen atoms in total. The van der Waals surface area contributed by atoms with E-state index in [4.69, 9.17) is 4.42 Å². The number of hydrogen-bond donors (Lipinski definition) is 1. The molecule has 2 heterocycles. The van der Waals surface area contributed by atoms with Crippen molar-refractivity contribution in [3.8, 4) is 11.5 Å². The summed E-state index contributed by atoms with van der Waals surface area (Å²) < 4.78 is 5.41. The minimum Gasteiger partial charge on any atom is -0.403 e. The van der Waals surface area contributed by atoms with Crippen molar-refractivity contribution in [2.24, 2.45) is 0 Å². The van der Waals surface area contributed by atoms with E-state index in [-0.39, 0.29) is 11.9 Å². The van der Waals surface area contributed by atoms with Crippen LogP contribution in [0.15, 0.2) is 58.1 Å². The van der Waals surface area contributed by atoms with E-state index in [0.29, 0.717) is 17.0 Å². The van der Waals surface area contributed by atoms with E-state index in [1.54, 1.807) is 48.4 Å². The second-order valence-electron chi connectivity index (χ2n) is 4.34. The van der Waals surface area contributed by atoms with Crippen LogP contribution in [-0.2, 0) is 0 Å². The highest BCUT2D eigenvalue weighted by Crippen LogP contribution is 2.19. The molecule has 110 valence electrons. The minimum absolute atomic E-state index is 0.0535. The van der Waals surface area contributed by atoms with Crippen LogP contribution in [0.1, 0.15) is 10.4 Å². The maximum atomic E-state index is 12.1. The summed E-state index contributed by atoms with van der Waals surface area (Å²) >= 11 is 1.62. The number of anilines is 1. The number of benzene rings is 1. The molecule has 1 aromatic carbocycles. The second-order valence-corrected chi connectivity index (χ2v) is 5.22. The van der Waals surface area contributed by atoms with Gasteiger partial charge in [-0.05, 0) is 42.7 Å². The number of thioether (sulfide) groups is 1. The molecule has 0 fully saturated rings. The first-order valence-electron chi connectivity index (χ1n) is 6.45. The van der Waals surface area contributed by atoms with Gasteiger partial charge >= 0.3 is 6.01 Å². The Kier molecular flexibility index (Phi) is 4.15. The highest BCUT2D eigenvalue weighted by atomic mass is 32.2. The lowest BCUT2D eigenvalue weighted by Crippen LogP contribution is -2.11. The lowest BCUT2D eigenvalue weighted by atomic mass is 10.2. The Balaban J connectivity index is 1.73. The SMILES string of the molecule is CSc1ccc(C(=O)Nc2nnc(-c3cccnc3)o2)cc1. The quantitative estimate of drug-likeness (QED) is 0.746. The van der Waals surface area contributed by atoms with Gasteiger partial charge in [0.15, 0.2) is 0 Å². The molecule has 3 aromatic rings. The van der Waals surface area contributed by atoms with Gasteiger partial charge in [0.1, 0.15) is 0 Å². The topological polar surface area (TPSA) is 80.9 Å². The van der Waals surface area contributed by atoms with E-state index < -0.39 is 0 Å². The van der Waals surface area contributed by atoms with Crippen molar-refractivity contribution in [3.05, 3.63) is 54.4 Å². The van der Waals surface area contributed by atoms with Crippen LogP contribution in [0.4, 0.5) is 6.01 Å². The molecule has 0 radical (unpaired) electrons. The van der Waals surface area contributed by atoms with Crippen molar-refractivity contribution < 1.29 is 9.21 Å². The van der Waals surface area contributed by atoms with Crippen LogP contribution in [0.3, 0.4) is 0 Å². The van der Waals surface area contributed by atoms with Crippen molar-refractivity contribution in [3.63, 3.8) is 0 Å². The fourth-order valence-electron chi connectivity index (χ4n) is 1.79.